The van der Waals surface area contributed by atoms with E-state index in [9.17, 15) is 0 Å². The van der Waals surface area contributed by atoms with E-state index in [1.807, 2.05) is 6.92 Å². The van der Waals surface area contributed by atoms with E-state index >= 15 is 0 Å². The summed E-state index contributed by atoms with van der Waals surface area (Å²) in [6.07, 6.45) is 0.774. The van der Waals surface area contributed by atoms with Crippen LogP contribution < -0.4 is 5.32 Å². The molecule has 0 amide bonds. The number of hydrogen-bond acceptors (Lipinski definition) is 6. The zero-order chi connectivity index (χ0) is 10.9. The summed E-state index contributed by atoms with van der Waals surface area (Å²) in [5, 5.41) is 3.98. The first kappa shape index (κ1) is 12.4. The van der Waals surface area contributed by atoms with Crippen molar-refractivity contribution < 1.29 is 9.47 Å². The first-order chi connectivity index (χ1) is 7.36. The van der Waals surface area contributed by atoms with Crippen LogP contribution in [0.15, 0.2) is 0 Å². The van der Waals surface area contributed by atoms with Crippen LogP contribution in [0, 0.1) is 0 Å². The number of aromatic nitrogens is 2. The fraction of sp³-hybridized carbons (Fsp3) is 0.778. The van der Waals surface area contributed by atoms with Crippen molar-refractivity contribution in [2.24, 2.45) is 0 Å². The van der Waals surface area contributed by atoms with Crippen molar-refractivity contribution in [2.45, 2.75) is 13.3 Å². The molecule has 0 saturated heterocycles. The normalized spacial score (nSPS) is 10.5. The number of nitrogens with one attached hydrogen (secondary N) is 1. The van der Waals surface area contributed by atoms with Gasteiger partial charge in [-0.3, -0.25) is 0 Å². The summed E-state index contributed by atoms with van der Waals surface area (Å²) in [6.45, 7) is 4.84. The summed E-state index contributed by atoms with van der Waals surface area (Å²) < 4.78 is 14.4. The molecule has 0 aliphatic rings. The Kier molecular flexibility index (Phi) is 6.22. The van der Waals surface area contributed by atoms with E-state index in [-0.39, 0.29) is 0 Å². The number of anilines is 1. The lowest BCUT2D eigenvalue weighted by Gasteiger charge is -1.99. The van der Waals surface area contributed by atoms with E-state index in [4.69, 9.17) is 9.47 Å². The molecule has 1 aromatic heterocycles. The summed E-state index contributed by atoms with van der Waals surface area (Å²) in [5.41, 5.74) is 0. The lowest BCUT2D eigenvalue weighted by Crippen LogP contribution is -2.07. The highest BCUT2D eigenvalue weighted by atomic mass is 32.1. The molecule has 0 aliphatic heterocycles. The third-order valence-electron chi connectivity index (χ3n) is 1.72. The van der Waals surface area contributed by atoms with Gasteiger partial charge < -0.3 is 14.8 Å². The summed E-state index contributed by atoms with van der Waals surface area (Å²) >= 11 is 1.37. The minimum Gasteiger partial charge on any atom is -0.383 e. The third kappa shape index (κ3) is 5.06. The van der Waals surface area contributed by atoms with Crippen LogP contribution in [0.4, 0.5) is 5.13 Å². The fourth-order valence-electron chi connectivity index (χ4n) is 0.995. The van der Waals surface area contributed by atoms with Gasteiger partial charge in [-0.05, 0) is 6.92 Å². The average Bonchev–Trinajstić information content (AvgIpc) is 2.67. The van der Waals surface area contributed by atoms with E-state index in [1.54, 1.807) is 7.11 Å². The lowest BCUT2D eigenvalue weighted by molar-refractivity contribution is 0.150. The number of hydrogen-bond donors (Lipinski definition) is 1. The predicted molar refractivity (Wildman–Crippen MR) is 60.5 cm³/mol. The zero-order valence-electron chi connectivity index (χ0n) is 9.15. The summed E-state index contributed by atoms with van der Waals surface area (Å²) in [5.74, 6) is 0.841. The maximum Gasteiger partial charge on any atom is 0.202 e. The standard InChI is InChI=1S/C9H17N3O2S/c1-3-14-6-4-8-11-9(15-12-8)10-5-7-13-2/h3-7H2,1-2H3,(H,10,11,12). The van der Waals surface area contributed by atoms with Crippen LogP contribution in [-0.2, 0) is 15.9 Å². The Labute approximate surface area is 94.0 Å². The van der Waals surface area contributed by atoms with Crippen molar-refractivity contribution in [3.8, 4) is 0 Å². The minimum atomic E-state index is 0.674. The molecule has 0 saturated carbocycles. The van der Waals surface area contributed by atoms with Gasteiger partial charge in [-0.1, -0.05) is 0 Å². The lowest BCUT2D eigenvalue weighted by atomic mass is 10.4. The number of rotatable bonds is 8. The Hall–Kier alpha value is -0.720. The molecule has 1 heterocycles. The van der Waals surface area contributed by atoms with Crippen molar-refractivity contribution in [2.75, 3.05) is 38.8 Å². The highest BCUT2D eigenvalue weighted by Gasteiger charge is 2.02. The van der Waals surface area contributed by atoms with Crippen LogP contribution in [0.2, 0.25) is 0 Å². The van der Waals surface area contributed by atoms with E-state index in [1.165, 1.54) is 11.5 Å². The monoisotopic (exact) mass is 231 g/mol. The zero-order valence-corrected chi connectivity index (χ0v) is 9.97. The second-order valence-corrected chi connectivity index (χ2v) is 3.63. The summed E-state index contributed by atoms with van der Waals surface area (Å²) in [4.78, 5) is 4.31. The SMILES string of the molecule is CCOCCc1nsc(NCCOC)n1. The maximum absolute atomic E-state index is 5.23. The molecule has 0 unspecified atom stereocenters. The summed E-state index contributed by atoms with van der Waals surface area (Å²) in [7, 11) is 1.68. The van der Waals surface area contributed by atoms with Gasteiger partial charge in [-0.25, -0.2) is 4.98 Å². The smallest absolute Gasteiger partial charge is 0.202 e. The molecule has 1 aromatic rings. The van der Waals surface area contributed by atoms with E-state index in [0.717, 1.165) is 30.5 Å². The molecule has 0 bridgehead atoms. The maximum atomic E-state index is 5.23. The molecule has 15 heavy (non-hydrogen) atoms. The highest BCUT2D eigenvalue weighted by Crippen LogP contribution is 2.10. The third-order valence-corrected chi connectivity index (χ3v) is 2.44. The quantitative estimate of drug-likeness (QED) is 0.681. The second-order valence-electron chi connectivity index (χ2n) is 2.88. The van der Waals surface area contributed by atoms with Gasteiger partial charge in [0.15, 0.2) is 0 Å². The van der Waals surface area contributed by atoms with Gasteiger partial charge in [-0.2, -0.15) is 4.37 Å². The summed E-state index contributed by atoms with van der Waals surface area (Å²) in [6, 6.07) is 0. The largest absolute Gasteiger partial charge is 0.383 e. The van der Waals surface area contributed by atoms with Gasteiger partial charge in [0.2, 0.25) is 5.13 Å². The molecule has 0 radical (unpaired) electrons. The van der Waals surface area contributed by atoms with E-state index in [0.29, 0.717) is 13.2 Å². The minimum absolute atomic E-state index is 0.674. The molecule has 0 fully saturated rings. The van der Waals surface area contributed by atoms with Crippen molar-refractivity contribution in [3.63, 3.8) is 0 Å². The van der Waals surface area contributed by atoms with Crippen molar-refractivity contribution >= 4 is 16.7 Å². The van der Waals surface area contributed by atoms with Gasteiger partial charge in [0.05, 0.1) is 13.2 Å². The van der Waals surface area contributed by atoms with Crippen molar-refractivity contribution in [3.05, 3.63) is 5.82 Å². The average molecular weight is 231 g/mol. The van der Waals surface area contributed by atoms with Crippen LogP contribution in [0.5, 0.6) is 0 Å². The van der Waals surface area contributed by atoms with Gasteiger partial charge in [-0.15, -0.1) is 0 Å². The van der Waals surface area contributed by atoms with Crippen LogP contribution in [0.1, 0.15) is 12.7 Å². The molecule has 0 spiro atoms. The topological polar surface area (TPSA) is 56.3 Å². The highest BCUT2D eigenvalue weighted by molar-refractivity contribution is 7.09. The number of nitrogens with zero attached hydrogens (tertiary/aromatic N) is 2. The fourth-order valence-corrected chi connectivity index (χ4v) is 1.63. The first-order valence-corrected chi connectivity index (χ1v) is 5.77. The molecular formula is C9H17N3O2S. The van der Waals surface area contributed by atoms with Crippen LogP contribution in [-0.4, -0.2) is 42.8 Å². The first-order valence-electron chi connectivity index (χ1n) is 5.00. The Balaban J connectivity index is 2.23. The molecule has 0 atom stereocenters. The Bertz CT molecular complexity index is 243. The van der Waals surface area contributed by atoms with Crippen LogP contribution >= 0.6 is 11.5 Å². The molecule has 0 aromatic carbocycles. The van der Waals surface area contributed by atoms with Gasteiger partial charge >= 0.3 is 0 Å². The van der Waals surface area contributed by atoms with Crippen molar-refractivity contribution in [1.29, 1.82) is 0 Å². The molecule has 1 N–H and O–H groups in total. The van der Waals surface area contributed by atoms with E-state index in [2.05, 4.69) is 14.7 Å². The van der Waals surface area contributed by atoms with E-state index < -0.39 is 0 Å². The van der Waals surface area contributed by atoms with Gasteiger partial charge in [0.25, 0.3) is 0 Å². The Morgan fingerprint density at radius 3 is 3.00 bits per heavy atom. The van der Waals surface area contributed by atoms with Crippen LogP contribution in [0.3, 0.4) is 0 Å². The molecule has 5 nitrogen and oxygen atoms in total. The van der Waals surface area contributed by atoms with Gasteiger partial charge in [0.1, 0.15) is 5.82 Å². The van der Waals surface area contributed by atoms with Crippen molar-refractivity contribution in [1.82, 2.24) is 9.36 Å². The molecular weight excluding hydrogens is 214 g/mol. The molecule has 6 heteroatoms. The Morgan fingerprint density at radius 2 is 2.27 bits per heavy atom. The predicted octanol–water partition coefficient (Wildman–Crippen LogP) is 1.18. The molecule has 1 rings (SSSR count). The molecule has 0 aliphatic carbocycles. The second kappa shape index (κ2) is 7.56. The Morgan fingerprint density at radius 1 is 1.40 bits per heavy atom. The number of ether oxygens (including phenoxy) is 2. The van der Waals surface area contributed by atoms with Crippen LogP contribution in [0.25, 0.3) is 0 Å². The molecule has 86 valence electrons. The number of methoxy groups -OCH3 is 1. The van der Waals surface area contributed by atoms with Gasteiger partial charge in [0, 0.05) is 38.2 Å².